The van der Waals surface area contributed by atoms with Crippen LogP contribution in [0.4, 0.5) is 0 Å². The van der Waals surface area contributed by atoms with E-state index >= 15 is 0 Å². The number of hydrazine groups is 1. The molecule has 1 aromatic carbocycles. The minimum absolute atomic E-state index is 0.166. The molecule has 3 N–H and O–H groups in total. The second-order valence-corrected chi connectivity index (χ2v) is 4.36. The van der Waals surface area contributed by atoms with Gasteiger partial charge in [-0.15, -0.1) is 0 Å². The Labute approximate surface area is 112 Å². The molecule has 0 fully saturated rings. The summed E-state index contributed by atoms with van der Waals surface area (Å²) in [4.78, 5) is 11.2. The minimum Gasteiger partial charge on any atom is -0.493 e. The summed E-state index contributed by atoms with van der Waals surface area (Å²) in [7, 11) is 0. The molecule has 0 saturated carbocycles. The van der Waals surface area contributed by atoms with Gasteiger partial charge in [0.1, 0.15) is 5.75 Å². The van der Waals surface area contributed by atoms with Crippen molar-refractivity contribution in [1.29, 1.82) is 0 Å². The molecule has 1 heterocycles. The second kappa shape index (κ2) is 6.24. The van der Waals surface area contributed by atoms with Crippen LogP contribution in [0.5, 0.6) is 5.75 Å². The molecule has 5 heteroatoms. The summed E-state index contributed by atoms with van der Waals surface area (Å²) in [5.74, 6) is 5.80. The van der Waals surface area contributed by atoms with Crippen molar-refractivity contribution in [2.45, 2.75) is 26.3 Å². The number of aryl methyl sites for hydroxylation is 1. The number of aromatic nitrogens is 1. The van der Waals surface area contributed by atoms with E-state index in [2.05, 4.69) is 12.3 Å². The Bertz CT molecular complexity index is 563. The van der Waals surface area contributed by atoms with Gasteiger partial charge < -0.3 is 9.30 Å². The first kappa shape index (κ1) is 13.4. The van der Waals surface area contributed by atoms with Crippen molar-refractivity contribution in [3.05, 3.63) is 30.5 Å². The van der Waals surface area contributed by atoms with Crippen LogP contribution < -0.4 is 16.0 Å². The van der Waals surface area contributed by atoms with Crippen LogP contribution in [0.2, 0.25) is 0 Å². The topological polar surface area (TPSA) is 69.3 Å². The van der Waals surface area contributed by atoms with E-state index in [9.17, 15) is 4.79 Å². The Hall–Kier alpha value is -2.01. The van der Waals surface area contributed by atoms with Crippen LogP contribution in [0.1, 0.15) is 19.8 Å². The third-order valence-corrected chi connectivity index (χ3v) is 2.98. The summed E-state index contributed by atoms with van der Waals surface area (Å²) in [6, 6.07) is 7.97. The molecule has 0 radical (unpaired) electrons. The number of fused-ring (bicyclic) bond motifs is 1. The predicted molar refractivity (Wildman–Crippen MR) is 74.7 cm³/mol. The SMILES string of the molecule is CCCOc1cccc2c1ccn2CCC(=O)NN. The number of hydrogen-bond acceptors (Lipinski definition) is 3. The van der Waals surface area contributed by atoms with Gasteiger partial charge in [0.25, 0.3) is 0 Å². The first-order valence-electron chi connectivity index (χ1n) is 6.46. The van der Waals surface area contributed by atoms with E-state index in [1.54, 1.807) is 0 Å². The van der Waals surface area contributed by atoms with Crippen molar-refractivity contribution < 1.29 is 9.53 Å². The largest absolute Gasteiger partial charge is 0.493 e. The third-order valence-electron chi connectivity index (χ3n) is 2.98. The van der Waals surface area contributed by atoms with Crippen LogP contribution in [0, 0.1) is 0 Å². The number of nitrogens with zero attached hydrogens (tertiary/aromatic N) is 1. The van der Waals surface area contributed by atoms with Crippen LogP contribution in [0.15, 0.2) is 30.5 Å². The molecule has 0 aliphatic heterocycles. The summed E-state index contributed by atoms with van der Waals surface area (Å²) in [5, 5.41) is 1.07. The van der Waals surface area contributed by atoms with Gasteiger partial charge in [-0.05, 0) is 24.6 Å². The lowest BCUT2D eigenvalue weighted by atomic mass is 10.2. The zero-order valence-corrected chi connectivity index (χ0v) is 11.1. The highest BCUT2D eigenvalue weighted by Crippen LogP contribution is 2.26. The number of rotatable bonds is 6. The van der Waals surface area contributed by atoms with Crippen molar-refractivity contribution in [2.75, 3.05) is 6.61 Å². The van der Waals surface area contributed by atoms with E-state index in [1.165, 1.54) is 0 Å². The number of ether oxygens (including phenoxy) is 1. The Kier molecular flexibility index (Phi) is 4.41. The standard InChI is InChI=1S/C14H19N3O2/c1-2-10-19-13-5-3-4-12-11(13)6-8-17(12)9-7-14(18)16-15/h3-6,8H,2,7,9-10,15H2,1H3,(H,16,18). The molecular formula is C14H19N3O2. The fourth-order valence-electron chi connectivity index (χ4n) is 2.02. The van der Waals surface area contributed by atoms with Crippen LogP contribution in [-0.2, 0) is 11.3 Å². The van der Waals surface area contributed by atoms with E-state index in [4.69, 9.17) is 10.6 Å². The normalized spacial score (nSPS) is 10.6. The first-order valence-corrected chi connectivity index (χ1v) is 6.46. The minimum atomic E-state index is -0.166. The van der Waals surface area contributed by atoms with Crippen molar-refractivity contribution >= 4 is 16.8 Å². The molecule has 1 amide bonds. The lowest BCUT2D eigenvalue weighted by Gasteiger charge is -2.08. The molecule has 0 bridgehead atoms. The van der Waals surface area contributed by atoms with E-state index in [0.717, 1.165) is 23.1 Å². The average Bonchev–Trinajstić information content (AvgIpc) is 2.86. The molecule has 0 saturated heterocycles. The number of nitrogens with one attached hydrogen (secondary N) is 1. The van der Waals surface area contributed by atoms with E-state index in [1.807, 2.05) is 35.0 Å². The maximum Gasteiger partial charge on any atom is 0.235 e. The quantitative estimate of drug-likeness (QED) is 0.473. The van der Waals surface area contributed by atoms with Gasteiger partial charge in [-0.2, -0.15) is 0 Å². The molecule has 102 valence electrons. The average molecular weight is 261 g/mol. The van der Waals surface area contributed by atoms with Crippen molar-refractivity contribution in [3.8, 4) is 5.75 Å². The van der Waals surface area contributed by atoms with E-state index in [0.29, 0.717) is 19.6 Å². The number of benzene rings is 1. The van der Waals surface area contributed by atoms with Crippen molar-refractivity contribution in [3.63, 3.8) is 0 Å². The number of carbonyl (C=O) groups is 1. The number of nitrogens with two attached hydrogens (primary N) is 1. The lowest BCUT2D eigenvalue weighted by molar-refractivity contribution is -0.121. The zero-order chi connectivity index (χ0) is 13.7. The van der Waals surface area contributed by atoms with Crippen LogP contribution in [0.25, 0.3) is 10.9 Å². The van der Waals surface area contributed by atoms with Gasteiger partial charge in [0, 0.05) is 24.5 Å². The second-order valence-electron chi connectivity index (χ2n) is 4.36. The molecule has 19 heavy (non-hydrogen) atoms. The van der Waals surface area contributed by atoms with Crippen molar-refractivity contribution in [1.82, 2.24) is 9.99 Å². The zero-order valence-electron chi connectivity index (χ0n) is 11.1. The number of amides is 1. The van der Waals surface area contributed by atoms with E-state index in [-0.39, 0.29) is 5.91 Å². The Morgan fingerprint density at radius 1 is 1.42 bits per heavy atom. The molecule has 2 aromatic rings. The van der Waals surface area contributed by atoms with Gasteiger partial charge in [0.2, 0.25) is 5.91 Å². The summed E-state index contributed by atoms with van der Waals surface area (Å²) in [6.07, 6.45) is 3.31. The lowest BCUT2D eigenvalue weighted by Crippen LogP contribution is -2.30. The van der Waals surface area contributed by atoms with Crippen LogP contribution in [0.3, 0.4) is 0 Å². The van der Waals surface area contributed by atoms with Gasteiger partial charge in [0.05, 0.1) is 12.1 Å². The summed E-state index contributed by atoms with van der Waals surface area (Å²) < 4.78 is 7.75. The molecule has 0 aliphatic rings. The molecule has 1 aromatic heterocycles. The maximum absolute atomic E-state index is 11.2. The summed E-state index contributed by atoms with van der Waals surface area (Å²) >= 11 is 0. The van der Waals surface area contributed by atoms with Gasteiger partial charge in [-0.1, -0.05) is 13.0 Å². The highest BCUT2D eigenvalue weighted by molar-refractivity contribution is 5.86. The van der Waals surface area contributed by atoms with Gasteiger partial charge >= 0.3 is 0 Å². The highest BCUT2D eigenvalue weighted by Gasteiger charge is 2.07. The summed E-state index contributed by atoms with van der Waals surface area (Å²) in [6.45, 7) is 3.39. The monoisotopic (exact) mass is 261 g/mol. The highest BCUT2D eigenvalue weighted by atomic mass is 16.5. The van der Waals surface area contributed by atoms with Gasteiger partial charge in [-0.25, -0.2) is 5.84 Å². The Balaban J connectivity index is 2.20. The molecular weight excluding hydrogens is 242 g/mol. The van der Waals surface area contributed by atoms with Crippen LogP contribution in [-0.4, -0.2) is 17.1 Å². The third kappa shape index (κ3) is 3.06. The molecule has 2 rings (SSSR count). The fourth-order valence-corrected chi connectivity index (χ4v) is 2.02. The number of hydrogen-bond donors (Lipinski definition) is 2. The van der Waals surface area contributed by atoms with Gasteiger partial charge in [-0.3, -0.25) is 10.2 Å². The first-order chi connectivity index (χ1) is 9.26. The molecule has 0 atom stereocenters. The molecule has 0 spiro atoms. The predicted octanol–water partition coefficient (Wildman–Crippen LogP) is 1.81. The van der Waals surface area contributed by atoms with Gasteiger partial charge in [0.15, 0.2) is 0 Å². The van der Waals surface area contributed by atoms with Crippen molar-refractivity contribution in [2.24, 2.45) is 5.84 Å². The Morgan fingerprint density at radius 2 is 2.26 bits per heavy atom. The fraction of sp³-hybridized carbons (Fsp3) is 0.357. The van der Waals surface area contributed by atoms with E-state index < -0.39 is 0 Å². The summed E-state index contributed by atoms with van der Waals surface area (Å²) in [5.41, 5.74) is 3.21. The Morgan fingerprint density at radius 3 is 3.00 bits per heavy atom. The molecule has 0 unspecified atom stereocenters. The molecule has 0 aliphatic carbocycles. The maximum atomic E-state index is 11.2. The smallest absolute Gasteiger partial charge is 0.235 e. The molecule has 5 nitrogen and oxygen atoms in total. The van der Waals surface area contributed by atoms with Crippen LogP contribution >= 0.6 is 0 Å². The number of carbonyl (C=O) groups excluding carboxylic acids is 1.